The molecule has 1 saturated heterocycles. The second-order valence-electron chi connectivity index (χ2n) is 11.1. The summed E-state index contributed by atoms with van der Waals surface area (Å²) in [5.41, 5.74) is 5.85. The number of carbonyl (C=O) groups excluding carboxylic acids is 1. The molecule has 3 aromatic rings. The first-order valence-electron chi connectivity index (χ1n) is 14.6. The van der Waals surface area contributed by atoms with Gasteiger partial charge in [0.05, 0.1) is 26.5 Å². The lowest BCUT2D eigenvalue weighted by molar-refractivity contribution is -0.122. The number of nitrogens with zero attached hydrogens (tertiary/aromatic N) is 2. The van der Waals surface area contributed by atoms with E-state index < -0.39 is 6.04 Å². The molecule has 1 aliphatic carbocycles. The summed E-state index contributed by atoms with van der Waals surface area (Å²) in [6.45, 7) is 4.16. The van der Waals surface area contributed by atoms with Crippen molar-refractivity contribution in [2.24, 2.45) is 0 Å². The van der Waals surface area contributed by atoms with Gasteiger partial charge in [0.15, 0.2) is 11.5 Å². The van der Waals surface area contributed by atoms with Crippen molar-refractivity contribution in [3.05, 3.63) is 94.6 Å². The average Bonchev–Trinajstić information content (AvgIpc) is 3.29. The van der Waals surface area contributed by atoms with Crippen LogP contribution < -0.4 is 20.1 Å². The van der Waals surface area contributed by atoms with E-state index in [0.717, 1.165) is 59.5 Å². The highest BCUT2D eigenvalue weighted by atomic mass is 19.1. The molecule has 0 radical (unpaired) electrons. The van der Waals surface area contributed by atoms with E-state index in [0.29, 0.717) is 30.0 Å². The van der Waals surface area contributed by atoms with Crippen molar-refractivity contribution >= 4 is 17.1 Å². The first kappa shape index (κ1) is 30.3. The number of likely N-dealkylation sites (tertiary alicyclic amines) is 1. The van der Waals surface area contributed by atoms with Gasteiger partial charge >= 0.3 is 0 Å². The van der Waals surface area contributed by atoms with Crippen LogP contribution in [-0.4, -0.2) is 67.3 Å². The second-order valence-corrected chi connectivity index (χ2v) is 11.1. The van der Waals surface area contributed by atoms with Crippen LogP contribution in [0.25, 0.3) is 11.1 Å². The highest BCUT2D eigenvalue weighted by Crippen LogP contribution is 2.44. The van der Waals surface area contributed by atoms with Crippen molar-refractivity contribution in [3.63, 3.8) is 0 Å². The van der Waals surface area contributed by atoms with Crippen molar-refractivity contribution in [3.8, 4) is 17.2 Å². The second kappa shape index (κ2) is 13.4. The van der Waals surface area contributed by atoms with E-state index in [2.05, 4.69) is 33.6 Å². The Morgan fingerprint density at radius 3 is 2.49 bits per heavy atom. The zero-order chi connectivity index (χ0) is 30.5. The number of halogens is 1. The van der Waals surface area contributed by atoms with Crippen molar-refractivity contribution in [2.45, 2.75) is 44.8 Å². The van der Waals surface area contributed by atoms with Crippen molar-refractivity contribution in [1.29, 1.82) is 0 Å². The minimum absolute atomic E-state index is 0.0546. The molecule has 1 unspecified atom stereocenters. The number of methoxy groups -OCH3 is 2. The molecule has 8 nitrogen and oxygen atoms in total. The molecule has 43 heavy (non-hydrogen) atoms. The third kappa shape index (κ3) is 6.73. The molecule has 1 aliphatic heterocycles. The molecular weight excluding hydrogens is 547 g/mol. The highest BCUT2D eigenvalue weighted by molar-refractivity contribution is 6.07. The molecule has 5 rings (SSSR count). The summed E-state index contributed by atoms with van der Waals surface area (Å²) in [6.07, 6.45) is 6.10. The number of piperidine rings is 1. The topological polar surface area (TPSA) is 96.0 Å². The number of nitrogens with one attached hydrogen (secondary N) is 2. The zero-order valence-electron chi connectivity index (χ0n) is 25.1. The lowest BCUT2D eigenvalue weighted by Crippen LogP contribution is -2.51. The number of fused-ring (bicyclic) bond motifs is 1. The summed E-state index contributed by atoms with van der Waals surface area (Å²) in [4.78, 5) is 20.6. The normalized spacial score (nSPS) is 17.2. The summed E-state index contributed by atoms with van der Waals surface area (Å²) in [5, 5.41) is 17.1. The molecule has 0 spiro atoms. The van der Waals surface area contributed by atoms with Gasteiger partial charge in [-0.1, -0.05) is 18.2 Å². The maximum absolute atomic E-state index is 14.8. The van der Waals surface area contributed by atoms with Gasteiger partial charge in [-0.05, 0) is 116 Å². The Hall–Kier alpha value is -4.21. The van der Waals surface area contributed by atoms with Crippen LogP contribution in [-0.2, 0) is 17.8 Å². The molecule has 2 aromatic carbocycles. The highest BCUT2D eigenvalue weighted by Gasteiger charge is 2.35. The van der Waals surface area contributed by atoms with Gasteiger partial charge in [0.1, 0.15) is 11.9 Å². The van der Waals surface area contributed by atoms with E-state index in [9.17, 15) is 14.3 Å². The number of carbonyl (C=O) groups is 1. The van der Waals surface area contributed by atoms with E-state index in [1.165, 1.54) is 26.4 Å². The van der Waals surface area contributed by atoms with Crippen LogP contribution in [0.2, 0.25) is 0 Å². The fourth-order valence-corrected chi connectivity index (χ4v) is 5.93. The number of rotatable bonds is 10. The first-order chi connectivity index (χ1) is 20.8. The molecule has 226 valence electrons. The SMILES string of the molecule is COc1cc(C/C=C2/C(C)=C(C(NC3CCN(C)CC3)C(=O)NCc3ccccn3)c3cc(F)ccc32)cc(OC)c1O. The van der Waals surface area contributed by atoms with E-state index in [1.54, 1.807) is 24.4 Å². The molecule has 3 N–H and O–H groups in total. The molecule has 9 heteroatoms. The van der Waals surface area contributed by atoms with Gasteiger partial charge in [0, 0.05) is 12.2 Å². The Bertz CT molecular complexity index is 1510. The van der Waals surface area contributed by atoms with Gasteiger partial charge < -0.3 is 24.8 Å². The maximum Gasteiger partial charge on any atom is 0.242 e. The van der Waals surface area contributed by atoms with Gasteiger partial charge in [-0.2, -0.15) is 0 Å². The Labute approximate surface area is 252 Å². The smallest absolute Gasteiger partial charge is 0.242 e. The van der Waals surface area contributed by atoms with E-state index in [1.807, 2.05) is 25.1 Å². The molecular formula is C34H39FN4O4. The van der Waals surface area contributed by atoms with Gasteiger partial charge in [-0.3, -0.25) is 15.1 Å². The summed E-state index contributed by atoms with van der Waals surface area (Å²) in [6, 6.07) is 13.4. The molecule has 1 fully saturated rings. The molecule has 0 saturated carbocycles. The number of amides is 1. The van der Waals surface area contributed by atoms with Crippen molar-refractivity contribution < 1.29 is 23.8 Å². The van der Waals surface area contributed by atoms with Crippen molar-refractivity contribution in [1.82, 2.24) is 20.5 Å². The molecule has 1 aromatic heterocycles. The van der Waals surface area contributed by atoms with Crippen LogP contribution in [0.4, 0.5) is 4.39 Å². The fraction of sp³-hybridized carbons (Fsp3) is 0.353. The number of phenolic OH excluding ortho intramolecular Hbond substituents is 1. The lowest BCUT2D eigenvalue weighted by Gasteiger charge is -2.33. The molecule has 2 heterocycles. The number of hydrogen-bond acceptors (Lipinski definition) is 7. The third-order valence-electron chi connectivity index (χ3n) is 8.29. The summed E-state index contributed by atoms with van der Waals surface area (Å²) in [7, 11) is 5.09. The van der Waals surface area contributed by atoms with Gasteiger partial charge in [0.25, 0.3) is 0 Å². The zero-order valence-corrected chi connectivity index (χ0v) is 25.1. The largest absolute Gasteiger partial charge is 0.502 e. The van der Waals surface area contributed by atoms with Gasteiger partial charge in [0.2, 0.25) is 11.7 Å². The fourth-order valence-electron chi connectivity index (χ4n) is 5.93. The summed E-state index contributed by atoms with van der Waals surface area (Å²) in [5.74, 6) is 0.0535. The first-order valence-corrected chi connectivity index (χ1v) is 14.6. The monoisotopic (exact) mass is 586 g/mol. The Morgan fingerprint density at radius 2 is 1.84 bits per heavy atom. The number of aromatic nitrogens is 1. The van der Waals surface area contributed by atoms with E-state index in [-0.39, 0.29) is 23.5 Å². The Balaban J connectivity index is 1.52. The van der Waals surface area contributed by atoms with Crippen LogP contribution in [0.5, 0.6) is 17.2 Å². The molecule has 2 aliphatic rings. The number of ether oxygens (including phenoxy) is 2. The quantitative estimate of drug-likeness (QED) is 0.316. The van der Waals surface area contributed by atoms with E-state index >= 15 is 0 Å². The summed E-state index contributed by atoms with van der Waals surface area (Å²) >= 11 is 0. The summed E-state index contributed by atoms with van der Waals surface area (Å²) < 4.78 is 25.4. The number of phenols is 1. The number of benzene rings is 2. The lowest BCUT2D eigenvalue weighted by atomic mass is 9.95. The predicted molar refractivity (Wildman–Crippen MR) is 165 cm³/mol. The van der Waals surface area contributed by atoms with Crippen LogP contribution in [0.1, 0.15) is 42.1 Å². The Kier molecular flexibility index (Phi) is 9.43. The van der Waals surface area contributed by atoms with Gasteiger partial charge in [-0.15, -0.1) is 0 Å². The van der Waals surface area contributed by atoms with Crippen molar-refractivity contribution in [2.75, 3.05) is 34.4 Å². The number of hydrogen-bond donors (Lipinski definition) is 3. The van der Waals surface area contributed by atoms with Gasteiger partial charge in [-0.25, -0.2) is 4.39 Å². The third-order valence-corrected chi connectivity index (χ3v) is 8.29. The molecule has 1 atom stereocenters. The van der Waals surface area contributed by atoms with Crippen LogP contribution in [0.15, 0.2) is 66.4 Å². The average molecular weight is 587 g/mol. The van der Waals surface area contributed by atoms with Crippen LogP contribution in [0, 0.1) is 5.82 Å². The molecule has 0 bridgehead atoms. The number of pyridine rings is 1. The molecule has 1 amide bonds. The Morgan fingerprint density at radius 1 is 1.12 bits per heavy atom. The minimum atomic E-state index is -0.683. The van der Waals surface area contributed by atoms with E-state index in [4.69, 9.17) is 9.47 Å². The maximum atomic E-state index is 14.8. The number of allylic oxidation sites excluding steroid dienone is 3. The number of aromatic hydroxyl groups is 1. The predicted octanol–water partition coefficient (Wildman–Crippen LogP) is 4.73. The van der Waals surface area contributed by atoms with Crippen LogP contribution in [0.3, 0.4) is 0 Å². The standard InChI is InChI=1S/C34H39FN4O4/c1-21-26(10-8-22-17-29(42-3)33(40)30(18-22)43-4)27-11-9-23(35)19-28(27)31(21)32(38-24-12-15-39(2)16-13-24)34(41)37-20-25-7-5-6-14-36-25/h5-7,9-11,14,17-19,24,32,38,40H,8,12-13,15-16,20H2,1-4H3,(H,37,41)/b26-10-. The minimum Gasteiger partial charge on any atom is -0.502 e. The van der Waals surface area contributed by atoms with Crippen LogP contribution >= 0.6 is 0 Å².